The fraction of sp³-hybridized carbons (Fsp3) is 0.308. The molecule has 0 bridgehead atoms. The first-order valence-electron chi connectivity index (χ1n) is 11.4. The van der Waals surface area contributed by atoms with E-state index in [2.05, 4.69) is 20.6 Å². The van der Waals surface area contributed by atoms with Gasteiger partial charge in [0.05, 0.1) is 23.9 Å². The second kappa shape index (κ2) is 10.3. The molecule has 0 saturated heterocycles. The van der Waals surface area contributed by atoms with Crippen LogP contribution in [0.5, 0.6) is 5.75 Å². The van der Waals surface area contributed by atoms with E-state index in [4.69, 9.17) is 15.9 Å². The number of rotatable bonds is 8. The maximum Gasteiger partial charge on any atom is 0.255 e. The van der Waals surface area contributed by atoms with Gasteiger partial charge in [-0.05, 0) is 37.5 Å². The Labute approximate surface area is 199 Å². The minimum absolute atomic E-state index is 0.200. The molecule has 176 valence electrons. The molecule has 4 rings (SSSR count). The molecule has 1 saturated carbocycles. The molecule has 1 aromatic heterocycles. The van der Waals surface area contributed by atoms with Gasteiger partial charge in [0.2, 0.25) is 0 Å². The smallest absolute Gasteiger partial charge is 0.255 e. The largest absolute Gasteiger partial charge is 0.496 e. The summed E-state index contributed by atoms with van der Waals surface area (Å²) in [5.74, 6) is 1.22. The first-order chi connectivity index (χ1) is 16.5. The quantitative estimate of drug-likeness (QED) is 0.377. The summed E-state index contributed by atoms with van der Waals surface area (Å²) in [6.07, 6.45) is 5.99. The molecular formula is C26H30N6O2. The molecule has 0 aliphatic heterocycles. The average Bonchev–Trinajstić information content (AvgIpc) is 3.36. The predicted octanol–water partition coefficient (Wildman–Crippen LogP) is 4.08. The SMILES string of the molecule is COc1ccc(C)cc1C(=O)NCc1ccc(C(=N)c2c(N)ncnc2NC2CCCC2)cc1. The molecule has 2 aromatic carbocycles. The van der Waals surface area contributed by atoms with Crippen molar-refractivity contribution in [1.82, 2.24) is 15.3 Å². The third-order valence-electron chi connectivity index (χ3n) is 6.12. The summed E-state index contributed by atoms with van der Waals surface area (Å²) in [5, 5.41) is 15.1. The number of nitrogen functional groups attached to an aromatic ring is 1. The molecule has 1 heterocycles. The Morgan fingerprint density at radius 1 is 1.15 bits per heavy atom. The Morgan fingerprint density at radius 3 is 2.59 bits per heavy atom. The molecule has 1 aliphatic rings. The summed E-state index contributed by atoms with van der Waals surface area (Å²) in [4.78, 5) is 21.1. The number of aryl methyl sites for hydroxylation is 1. The van der Waals surface area contributed by atoms with Crippen LogP contribution in [0, 0.1) is 12.3 Å². The van der Waals surface area contributed by atoms with Gasteiger partial charge in [0, 0.05) is 18.2 Å². The fourth-order valence-electron chi connectivity index (χ4n) is 4.23. The van der Waals surface area contributed by atoms with E-state index < -0.39 is 0 Å². The Bertz CT molecular complexity index is 1190. The topological polar surface area (TPSA) is 126 Å². The van der Waals surface area contributed by atoms with Crippen molar-refractivity contribution in [2.45, 2.75) is 45.2 Å². The number of nitrogens with zero attached hydrogens (tertiary/aromatic N) is 2. The second-order valence-electron chi connectivity index (χ2n) is 8.57. The highest BCUT2D eigenvalue weighted by molar-refractivity contribution is 6.16. The first kappa shape index (κ1) is 23.2. The summed E-state index contributed by atoms with van der Waals surface area (Å²) in [6.45, 7) is 2.29. The van der Waals surface area contributed by atoms with Crippen LogP contribution in [-0.4, -0.2) is 34.7 Å². The van der Waals surface area contributed by atoms with Crippen LogP contribution in [0.4, 0.5) is 11.6 Å². The highest BCUT2D eigenvalue weighted by Gasteiger charge is 2.21. The zero-order chi connectivity index (χ0) is 24.1. The Hall–Kier alpha value is -3.94. The number of amides is 1. The number of nitrogens with one attached hydrogen (secondary N) is 3. The van der Waals surface area contributed by atoms with Crippen molar-refractivity contribution in [3.8, 4) is 5.75 Å². The van der Waals surface area contributed by atoms with E-state index in [0.29, 0.717) is 40.8 Å². The standard InChI is InChI=1S/C26H30N6O2/c1-16-7-12-21(34-2)20(13-16)26(33)29-14-17-8-10-18(11-9-17)23(27)22-24(28)30-15-31-25(22)32-19-5-3-4-6-19/h7-13,15,19,27H,3-6,14H2,1-2H3,(H,29,33)(H3,28,30,31,32). The molecule has 0 radical (unpaired) electrons. The first-order valence-corrected chi connectivity index (χ1v) is 11.4. The molecule has 8 heteroatoms. The number of nitrogens with two attached hydrogens (primary N) is 1. The molecule has 8 nitrogen and oxygen atoms in total. The van der Waals surface area contributed by atoms with Gasteiger partial charge >= 0.3 is 0 Å². The van der Waals surface area contributed by atoms with Crippen molar-refractivity contribution >= 4 is 23.3 Å². The number of aromatic nitrogens is 2. The maximum absolute atomic E-state index is 12.7. The van der Waals surface area contributed by atoms with Gasteiger partial charge < -0.3 is 21.1 Å². The summed E-state index contributed by atoms with van der Waals surface area (Å²) >= 11 is 0. The number of ether oxygens (including phenoxy) is 1. The zero-order valence-electron chi connectivity index (χ0n) is 19.5. The van der Waals surface area contributed by atoms with E-state index in [1.807, 2.05) is 43.3 Å². The van der Waals surface area contributed by atoms with Gasteiger partial charge in [-0.15, -0.1) is 0 Å². The van der Waals surface area contributed by atoms with Gasteiger partial charge in [0.25, 0.3) is 5.91 Å². The van der Waals surface area contributed by atoms with Gasteiger partial charge in [-0.1, -0.05) is 48.7 Å². The Kier molecular flexibility index (Phi) is 7.06. The number of anilines is 2. The normalized spacial score (nSPS) is 13.5. The van der Waals surface area contributed by atoms with E-state index in [1.54, 1.807) is 13.2 Å². The monoisotopic (exact) mass is 458 g/mol. The summed E-state index contributed by atoms with van der Waals surface area (Å²) in [7, 11) is 1.55. The van der Waals surface area contributed by atoms with Crippen LogP contribution in [-0.2, 0) is 6.54 Å². The number of benzene rings is 2. The Morgan fingerprint density at radius 2 is 1.88 bits per heavy atom. The molecule has 5 N–H and O–H groups in total. The molecule has 34 heavy (non-hydrogen) atoms. The highest BCUT2D eigenvalue weighted by Crippen LogP contribution is 2.27. The lowest BCUT2D eigenvalue weighted by molar-refractivity contribution is 0.0947. The molecule has 3 aromatic rings. The summed E-state index contributed by atoms with van der Waals surface area (Å²) in [5.41, 5.74) is 10.0. The number of hydrogen-bond acceptors (Lipinski definition) is 7. The molecular weight excluding hydrogens is 428 g/mol. The third kappa shape index (κ3) is 5.17. The van der Waals surface area contributed by atoms with Crippen LogP contribution in [0.15, 0.2) is 48.8 Å². The van der Waals surface area contributed by atoms with Gasteiger partial charge in [0.1, 0.15) is 23.7 Å². The number of methoxy groups -OCH3 is 1. The highest BCUT2D eigenvalue weighted by atomic mass is 16.5. The van der Waals surface area contributed by atoms with Crippen LogP contribution in [0.3, 0.4) is 0 Å². The molecule has 0 atom stereocenters. The van der Waals surface area contributed by atoms with Crippen molar-refractivity contribution in [1.29, 1.82) is 5.41 Å². The fourth-order valence-corrected chi connectivity index (χ4v) is 4.23. The molecule has 1 aliphatic carbocycles. The number of carbonyl (C=O) groups excluding carboxylic acids is 1. The predicted molar refractivity (Wildman–Crippen MR) is 134 cm³/mol. The van der Waals surface area contributed by atoms with Crippen LogP contribution in [0.2, 0.25) is 0 Å². The van der Waals surface area contributed by atoms with E-state index in [9.17, 15) is 4.79 Å². The molecule has 1 amide bonds. The minimum Gasteiger partial charge on any atom is -0.496 e. The summed E-state index contributed by atoms with van der Waals surface area (Å²) in [6, 6.07) is 13.3. The van der Waals surface area contributed by atoms with Crippen LogP contribution in [0.1, 0.15) is 58.3 Å². The van der Waals surface area contributed by atoms with Crippen molar-refractivity contribution in [3.05, 3.63) is 76.6 Å². The van der Waals surface area contributed by atoms with Crippen LogP contribution < -0.4 is 21.1 Å². The van der Waals surface area contributed by atoms with Crippen LogP contribution >= 0.6 is 0 Å². The van der Waals surface area contributed by atoms with E-state index >= 15 is 0 Å². The lowest BCUT2D eigenvalue weighted by atomic mass is 10.0. The number of carbonyl (C=O) groups is 1. The van der Waals surface area contributed by atoms with Gasteiger partial charge in [0.15, 0.2) is 0 Å². The molecule has 0 spiro atoms. The van der Waals surface area contributed by atoms with Crippen molar-refractivity contribution in [3.63, 3.8) is 0 Å². The molecule has 0 unspecified atom stereocenters. The third-order valence-corrected chi connectivity index (χ3v) is 6.12. The zero-order valence-corrected chi connectivity index (χ0v) is 19.5. The lowest BCUT2D eigenvalue weighted by Gasteiger charge is -2.17. The van der Waals surface area contributed by atoms with E-state index in [-0.39, 0.29) is 17.4 Å². The van der Waals surface area contributed by atoms with Gasteiger partial charge in [-0.2, -0.15) is 0 Å². The van der Waals surface area contributed by atoms with E-state index in [0.717, 1.165) is 24.0 Å². The van der Waals surface area contributed by atoms with E-state index in [1.165, 1.54) is 19.2 Å². The van der Waals surface area contributed by atoms with Crippen molar-refractivity contribution in [2.75, 3.05) is 18.2 Å². The molecule has 1 fully saturated rings. The summed E-state index contributed by atoms with van der Waals surface area (Å²) < 4.78 is 5.31. The number of hydrogen-bond donors (Lipinski definition) is 4. The second-order valence-corrected chi connectivity index (χ2v) is 8.57. The van der Waals surface area contributed by atoms with Crippen LogP contribution in [0.25, 0.3) is 0 Å². The van der Waals surface area contributed by atoms with Gasteiger partial charge in [-0.3, -0.25) is 10.2 Å². The average molecular weight is 459 g/mol. The van der Waals surface area contributed by atoms with Gasteiger partial charge in [-0.25, -0.2) is 9.97 Å². The minimum atomic E-state index is -0.200. The van der Waals surface area contributed by atoms with Crippen molar-refractivity contribution < 1.29 is 9.53 Å². The maximum atomic E-state index is 12.7. The van der Waals surface area contributed by atoms with Crippen molar-refractivity contribution in [2.24, 2.45) is 0 Å². The lowest BCUT2D eigenvalue weighted by Crippen LogP contribution is -2.23. The Balaban J connectivity index is 1.45.